The molecule has 8 heteroatoms. The maximum Gasteiger partial charge on any atom is 0.514 e. The highest BCUT2D eigenvalue weighted by Gasteiger charge is 2.27. The molecule has 1 aromatic rings. The third-order valence-electron chi connectivity index (χ3n) is 2.89. The van der Waals surface area contributed by atoms with Gasteiger partial charge in [0.15, 0.2) is 5.78 Å². The van der Waals surface area contributed by atoms with E-state index in [0.29, 0.717) is 17.9 Å². The number of hydrogen-bond donors (Lipinski definition) is 2. The van der Waals surface area contributed by atoms with E-state index in [1.54, 1.807) is 32.0 Å². The Balaban J connectivity index is 2.00. The molecule has 118 valence electrons. The van der Waals surface area contributed by atoms with Gasteiger partial charge in [-0.3, -0.25) is 4.79 Å². The Bertz CT molecular complexity index is 624. The summed E-state index contributed by atoms with van der Waals surface area (Å²) in [6.07, 6.45) is -2.94. The number of fused-ring (bicyclic) bond motifs is 1. The van der Waals surface area contributed by atoms with Crippen LogP contribution in [0.3, 0.4) is 0 Å². The SMILES string of the molecule is CC1(C)OCc2cc(C(=O)CNC(=O)OC(=O)O)ccc2O1. The Morgan fingerprint density at radius 2 is 2.09 bits per heavy atom. The van der Waals surface area contributed by atoms with Gasteiger partial charge in [-0.15, -0.1) is 0 Å². The number of hydrogen-bond acceptors (Lipinski definition) is 6. The largest absolute Gasteiger partial charge is 0.514 e. The number of amides is 1. The summed E-state index contributed by atoms with van der Waals surface area (Å²) < 4.78 is 14.9. The van der Waals surface area contributed by atoms with Gasteiger partial charge >= 0.3 is 12.2 Å². The average Bonchev–Trinajstić information content (AvgIpc) is 2.42. The highest BCUT2D eigenvalue weighted by molar-refractivity contribution is 5.99. The summed E-state index contributed by atoms with van der Waals surface area (Å²) >= 11 is 0. The first-order valence-electron chi connectivity index (χ1n) is 6.44. The molecule has 0 radical (unpaired) electrons. The zero-order chi connectivity index (χ0) is 16.3. The van der Waals surface area contributed by atoms with Gasteiger partial charge in [-0.1, -0.05) is 0 Å². The van der Waals surface area contributed by atoms with Gasteiger partial charge in [-0.05, 0) is 18.2 Å². The van der Waals surface area contributed by atoms with Gasteiger partial charge in [-0.2, -0.15) is 0 Å². The minimum atomic E-state index is -1.74. The number of alkyl carbamates (subject to hydrolysis) is 1. The predicted octanol–water partition coefficient (Wildman–Crippen LogP) is 1.92. The van der Waals surface area contributed by atoms with Crippen molar-refractivity contribution in [3.8, 4) is 5.75 Å². The van der Waals surface area contributed by atoms with Crippen molar-refractivity contribution < 1.29 is 33.7 Å². The summed E-state index contributed by atoms with van der Waals surface area (Å²) in [4.78, 5) is 33.1. The molecule has 0 saturated carbocycles. The number of Topliss-reactive ketones (excluding diaryl/α,β-unsaturated/α-hetero) is 1. The number of carbonyl (C=O) groups is 3. The molecule has 0 fully saturated rings. The van der Waals surface area contributed by atoms with E-state index < -0.39 is 23.8 Å². The number of carboxylic acid groups (broad SMARTS) is 1. The van der Waals surface area contributed by atoms with Crippen LogP contribution >= 0.6 is 0 Å². The third-order valence-corrected chi connectivity index (χ3v) is 2.89. The van der Waals surface area contributed by atoms with Crippen LogP contribution in [0.2, 0.25) is 0 Å². The van der Waals surface area contributed by atoms with Crippen molar-refractivity contribution in [3.63, 3.8) is 0 Å². The van der Waals surface area contributed by atoms with E-state index in [4.69, 9.17) is 14.6 Å². The van der Waals surface area contributed by atoms with Gasteiger partial charge < -0.3 is 24.6 Å². The number of benzene rings is 1. The summed E-state index contributed by atoms with van der Waals surface area (Å²) in [5.41, 5.74) is 1.07. The molecule has 2 N–H and O–H groups in total. The van der Waals surface area contributed by atoms with Gasteiger partial charge in [0.05, 0.1) is 13.2 Å². The molecule has 0 aliphatic carbocycles. The van der Waals surface area contributed by atoms with E-state index in [9.17, 15) is 14.4 Å². The summed E-state index contributed by atoms with van der Waals surface area (Å²) in [6.45, 7) is 3.50. The third kappa shape index (κ3) is 3.95. The van der Waals surface area contributed by atoms with Gasteiger partial charge in [0.2, 0.25) is 5.79 Å². The normalized spacial score (nSPS) is 15.2. The van der Waals surface area contributed by atoms with E-state index in [0.717, 1.165) is 5.56 Å². The quantitative estimate of drug-likeness (QED) is 0.498. The van der Waals surface area contributed by atoms with Crippen LogP contribution in [0.5, 0.6) is 5.75 Å². The van der Waals surface area contributed by atoms with Gasteiger partial charge in [0.1, 0.15) is 5.75 Å². The fourth-order valence-corrected chi connectivity index (χ4v) is 1.88. The molecule has 22 heavy (non-hydrogen) atoms. The maximum atomic E-state index is 11.9. The second-order valence-corrected chi connectivity index (χ2v) is 5.05. The molecule has 2 rings (SSSR count). The van der Waals surface area contributed by atoms with E-state index in [2.05, 4.69) is 10.1 Å². The molecule has 0 spiro atoms. The molecule has 0 saturated heterocycles. The van der Waals surface area contributed by atoms with Crippen LogP contribution in [0.4, 0.5) is 9.59 Å². The molecule has 0 bridgehead atoms. The second kappa shape index (κ2) is 6.02. The number of ether oxygens (including phenoxy) is 3. The Hall–Kier alpha value is -2.61. The zero-order valence-corrected chi connectivity index (χ0v) is 12.0. The lowest BCUT2D eigenvalue weighted by atomic mass is 10.1. The highest BCUT2D eigenvalue weighted by Crippen LogP contribution is 2.31. The molecule has 1 aliphatic heterocycles. The van der Waals surface area contributed by atoms with Crippen LogP contribution in [-0.4, -0.2) is 35.5 Å². The van der Waals surface area contributed by atoms with Crippen LogP contribution in [0.25, 0.3) is 0 Å². The van der Waals surface area contributed by atoms with Crippen molar-refractivity contribution in [1.29, 1.82) is 0 Å². The minimum absolute atomic E-state index is 0.304. The molecule has 0 aromatic heterocycles. The van der Waals surface area contributed by atoms with Crippen molar-refractivity contribution in [1.82, 2.24) is 5.32 Å². The minimum Gasteiger partial charge on any atom is -0.463 e. The molecule has 1 amide bonds. The van der Waals surface area contributed by atoms with Gasteiger partial charge in [0, 0.05) is 25.0 Å². The lowest BCUT2D eigenvalue weighted by molar-refractivity contribution is -0.180. The molecule has 8 nitrogen and oxygen atoms in total. The lowest BCUT2D eigenvalue weighted by Gasteiger charge is -2.32. The second-order valence-electron chi connectivity index (χ2n) is 5.05. The van der Waals surface area contributed by atoms with Crippen molar-refractivity contribution >= 4 is 18.0 Å². The fourth-order valence-electron chi connectivity index (χ4n) is 1.88. The molecular weight excluding hydrogens is 294 g/mol. The summed E-state index contributed by atoms with van der Waals surface area (Å²) in [5, 5.41) is 10.3. The number of nitrogens with one attached hydrogen (secondary N) is 1. The first-order valence-corrected chi connectivity index (χ1v) is 6.44. The average molecular weight is 309 g/mol. The molecule has 0 unspecified atom stereocenters. The first-order chi connectivity index (χ1) is 10.3. The van der Waals surface area contributed by atoms with E-state index in [1.165, 1.54) is 0 Å². The summed E-state index contributed by atoms with van der Waals surface area (Å²) in [5.74, 6) is -0.485. The zero-order valence-electron chi connectivity index (χ0n) is 12.0. The van der Waals surface area contributed by atoms with E-state index in [1.807, 2.05) is 0 Å². The van der Waals surface area contributed by atoms with Gasteiger partial charge in [-0.25, -0.2) is 9.59 Å². The number of carbonyl (C=O) groups excluding carboxylic acids is 2. The summed E-state index contributed by atoms with van der Waals surface area (Å²) in [6, 6.07) is 4.83. The molecule has 1 aromatic carbocycles. The lowest BCUT2D eigenvalue weighted by Crippen LogP contribution is -2.35. The van der Waals surface area contributed by atoms with Crippen LogP contribution < -0.4 is 10.1 Å². The fraction of sp³-hybridized carbons (Fsp3) is 0.357. The molecule has 0 atom stereocenters. The topological polar surface area (TPSA) is 111 Å². The Kier molecular flexibility index (Phi) is 4.32. The van der Waals surface area contributed by atoms with Crippen LogP contribution in [-0.2, 0) is 16.1 Å². The Morgan fingerprint density at radius 3 is 2.77 bits per heavy atom. The van der Waals surface area contributed by atoms with E-state index in [-0.39, 0.29) is 6.54 Å². The monoisotopic (exact) mass is 309 g/mol. The Labute approximate surface area is 126 Å². The number of ketones is 1. The highest BCUT2D eigenvalue weighted by atomic mass is 16.7. The maximum absolute atomic E-state index is 11.9. The number of rotatable bonds is 3. The van der Waals surface area contributed by atoms with Crippen molar-refractivity contribution in [2.45, 2.75) is 26.2 Å². The van der Waals surface area contributed by atoms with Crippen LogP contribution in [0, 0.1) is 0 Å². The van der Waals surface area contributed by atoms with E-state index >= 15 is 0 Å². The molecular formula is C14H15NO7. The Morgan fingerprint density at radius 1 is 1.36 bits per heavy atom. The summed E-state index contributed by atoms with van der Waals surface area (Å²) in [7, 11) is 0. The molecule has 1 heterocycles. The van der Waals surface area contributed by atoms with Gasteiger partial charge in [0.25, 0.3) is 0 Å². The van der Waals surface area contributed by atoms with Crippen molar-refractivity contribution in [2.75, 3.05) is 6.54 Å². The van der Waals surface area contributed by atoms with Crippen molar-refractivity contribution in [2.24, 2.45) is 0 Å². The molecule has 1 aliphatic rings. The van der Waals surface area contributed by atoms with Crippen molar-refractivity contribution in [3.05, 3.63) is 29.3 Å². The van der Waals surface area contributed by atoms with Crippen LogP contribution in [0.1, 0.15) is 29.8 Å². The van der Waals surface area contributed by atoms with Crippen LogP contribution in [0.15, 0.2) is 18.2 Å². The predicted molar refractivity (Wildman–Crippen MR) is 72.8 cm³/mol. The smallest absolute Gasteiger partial charge is 0.463 e. The standard InChI is InChI=1S/C14H15NO7/c1-14(2)20-7-9-5-8(3-4-11(9)22-14)10(16)6-15-12(17)21-13(18)19/h3-5H,6-7H2,1-2H3,(H,15,17)(H,18,19). The first kappa shape index (κ1) is 15.8.